The minimum absolute atomic E-state index is 0.802. The number of benzene rings is 1. The normalized spacial score (nSPS) is 27.6. The number of nitrogens with zero attached hydrogens (tertiary/aromatic N) is 2. The average Bonchev–Trinajstić information content (AvgIpc) is 2.72. The number of hydrogen-bond donors (Lipinski definition) is 1. The molecule has 1 N–H and O–H groups in total. The standard InChI is InChI=1S/C17H27N3/c1-19-16-7-8-17(19)14-20(11-9-16)12-10-18-13-15-5-3-2-4-6-15/h2-6,16-18H,7-14H2,1H3. The van der Waals surface area contributed by atoms with Crippen LogP contribution in [0.5, 0.6) is 0 Å². The molecule has 110 valence electrons. The SMILES string of the molecule is CN1C2CCC1CN(CCNCc1ccccc1)CC2. The van der Waals surface area contributed by atoms with Crippen LogP contribution in [0, 0.1) is 0 Å². The van der Waals surface area contributed by atoms with Gasteiger partial charge in [-0.2, -0.15) is 0 Å². The van der Waals surface area contributed by atoms with Gasteiger partial charge in [-0.1, -0.05) is 30.3 Å². The summed E-state index contributed by atoms with van der Waals surface area (Å²) in [4.78, 5) is 5.27. The van der Waals surface area contributed by atoms with E-state index in [4.69, 9.17) is 0 Å². The van der Waals surface area contributed by atoms with E-state index in [1.54, 1.807) is 0 Å². The molecule has 2 atom stereocenters. The van der Waals surface area contributed by atoms with E-state index >= 15 is 0 Å². The molecule has 3 heteroatoms. The van der Waals surface area contributed by atoms with E-state index in [-0.39, 0.29) is 0 Å². The van der Waals surface area contributed by atoms with Gasteiger partial charge in [-0.15, -0.1) is 0 Å². The smallest absolute Gasteiger partial charge is 0.0223 e. The Balaban J connectivity index is 1.39. The Morgan fingerprint density at radius 1 is 1.10 bits per heavy atom. The maximum absolute atomic E-state index is 3.57. The summed E-state index contributed by atoms with van der Waals surface area (Å²) in [5.41, 5.74) is 1.38. The maximum Gasteiger partial charge on any atom is 0.0223 e. The molecular formula is C17H27N3. The third-order valence-corrected chi connectivity index (χ3v) is 5.01. The van der Waals surface area contributed by atoms with Crippen LogP contribution < -0.4 is 5.32 Å². The highest BCUT2D eigenvalue weighted by atomic mass is 15.3. The van der Waals surface area contributed by atoms with Crippen LogP contribution >= 0.6 is 0 Å². The molecule has 2 unspecified atom stereocenters. The van der Waals surface area contributed by atoms with Gasteiger partial charge in [0.05, 0.1) is 0 Å². The molecule has 0 spiro atoms. The Labute approximate surface area is 123 Å². The van der Waals surface area contributed by atoms with Gasteiger partial charge in [0.15, 0.2) is 0 Å². The molecule has 0 saturated carbocycles. The molecule has 2 heterocycles. The van der Waals surface area contributed by atoms with Crippen molar-refractivity contribution >= 4 is 0 Å². The summed E-state index contributed by atoms with van der Waals surface area (Å²) in [6.07, 6.45) is 4.17. The Morgan fingerprint density at radius 2 is 1.90 bits per heavy atom. The fraction of sp³-hybridized carbons (Fsp3) is 0.647. The first-order valence-corrected chi connectivity index (χ1v) is 8.02. The molecule has 3 rings (SSSR count). The maximum atomic E-state index is 3.57. The minimum Gasteiger partial charge on any atom is -0.311 e. The molecule has 2 saturated heterocycles. The van der Waals surface area contributed by atoms with Gasteiger partial charge in [-0.05, 0) is 38.4 Å². The second-order valence-corrected chi connectivity index (χ2v) is 6.30. The zero-order chi connectivity index (χ0) is 13.8. The summed E-state index contributed by atoms with van der Waals surface area (Å²) in [6.45, 7) is 5.80. The molecule has 2 fully saturated rings. The Kier molecular flexibility index (Phi) is 4.71. The second-order valence-electron chi connectivity index (χ2n) is 6.30. The monoisotopic (exact) mass is 273 g/mol. The van der Waals surface area contributed by atoms with Gasteiger partial charge in [0, 0.05) is 38.3 Å². The lowest BCUT2D eigenvalue weighted by molar-refractivity contribution is 0.219. The van der Waals surface area contributed by atoms with Crippen LogP contribution in [-0.2, 0) is 6.54 Å². The summed E-state index contributed by atoms with van der Waals surface area (Å²) < 4.78 is 0. The molecule has 0 aromatic heterocycles. The van der Waals surface area contributed by atoms with E-state index in [1.807, 2.05) is 0 Å². The van der Waals surface area contributed by atoms with Crippen LogP contribution in [-0.4, -0.2) is 55.1 Å². The van der Waals surface area contributed by atoms with Crippen LogP contribution in [0.3, 0.4) is 0 Å². The summed E-state index contributed by atoms with van der Waals surface area (Å²) in [6, 6.07) is 12.3. The lowest BCUT2D eigenvalue weighted by Gasteiger charge is -2.25. The second kappa shape index (κ2) is 6.70. The van der Waals surface area contributed by atoms with Crippen LogP contribution in [0.2, 0.25) is 0 Å². The van der Waals surface area contributed by atoms with E-state index in [9.17, 15) is 0 Å². The number of fused-ring (bicyclic) bond motifs is 2. The van der Waals surface area contributed by atoms with Crippen molar-refractivity contribution in [1.82, 2.24) is 15.1 Å². The van der Waals surface area contributed by atoms with Crippen LogP contribution in [0.1, 0.15) is 24.8 Å². The van der Waals surface area contributed by atoms with Gasteiger partial charge >= 0.3 is 0 Å². The van der Waals surface area contributed by atoms with Gasteiger partial charge in [0.2, 0.25) is 0 Å². The van der Waals surface area contributed by atoms with Crippen molar-refractivity contribution in [2.45, 2.75) is 37.9 Å². The van der Waals surface area contributed by atoms with E-state index in [1.165, 1.54) is 44.5 Å². The number of hydrogen-bond acceptors (Lipinski definition) is 3. The molecule has 2 bridgehead atoms. The fourth-order valence-electron chi connectivity index (χ4n) is 3.65. The molecule has 2 aliphatic rings. The summed E-state index contributed by atoms with van der Waals surface area (Å²) in [7, 11) is 2.32. The summed E-state index contributed by atoms with van der Waals surface area (Å²) in [5.74, 6) is 0. The highest BCUT2D eigenvalue weighted by Crippen LogP contribution is 2.28. The lowest BCUT2D eigenvalue weighted by atomic mass is 10.1. The van der Waals surface area contributed by atoms with Crippen LogP contribution in [0.25, 0.3) is 0 Å². The lowest BCUT2D eigenvalue weighted by Crippen LogP contribution is -2.39. The first-order chi connectivity index (χ1) is 9.83. The molecule has 1 aromatic carbocycles. The molecular weight excluding hydrogens is 246 g/mol. The Hall–Kier alpha value is -0.900. The van der Waals surface area contributed by atoms with E-state index in [0.29, 0.717) is 0 Å². The molecule has 20 heavy (non-hydrogen) atoms. The fourth-order valence-corrected chi connectivity index (χ4v) is 3.65. The molecule has 3 nitrogen and oxygen atoms in total. The van der Waals surface area contributed by atoms with Crippen LogP contribution in [0.15, 0.2) is 30.3 Å². The van der Waals surface area contributed by atoms with Gasteiger partial charge in [0.1, 0.15) is 0 Å². The Bertz CT molecular complexity index is 406. The van der Waals surface area contributed by atoms with Crippen molar-refractivity contribution in [2.75, 3.05) is 33.2 Å². The molecule has 1 aromatic rings. The number of nitrogens with one attached hydrogen (secondary N) is 1. The van der Waals surface area contributed by atoms with Crippen molar-refractivity contribution in [3.8, 4) is 0 Å². The van der Waals surface area contributed by atoms with Gasteiger partial charge in [-0.3, -0.25) is 4.90 Å². The van der Waals surface area contributed by atoms with Crippen molar-refractivity contribution < 1.29 is 0 Å². The summed E-state index contributed by atoms with van der Waals surface area (Å²) in [5, 5.41) is 3.57. The largest absolute Gasteiger partial charge is 0.311 e. The minimum atomic E-state index is 0.802. The first kappa shape index (κ1) is 14.1. The van der Waals surface area contributed by atoms with Gasteiger partial charge < -0.3 is 10.2 Å². The zero-order valence-corrected chi connectivity index (χ0v) is 12.6. The van der Waals surface area contributed by atoms with Crippen molar-refractivity contribution in [3.05, 3.63) is 35.9 Å². The molecule has 0 amide bonds. The van der Waals surface area contributed by atoms with Crippen molar-refractivity contribution in [2.24, 2.45) is 0 Å². The number of rotatable bonds is 5. The van der Waals surface area contributed by atoms with E-state index < -0.39 is 0 Å². The first-order valence-electron chi connectivity index (χ1n) is 8.02. The average molecular weight is 273 g/mol. The van der Waals surface area contributed by atoms with Crippen molar-refractivity contribution in [3.63, 3.8) is 0 Å². The number of likely N-dealkylation sites (tertiary alicyclic amines) is 1. The molecule has 0 aliphatic carbocycles. The Morgan fingerprint density at radius 3 is 2.75 bits per heavy atom. The van der Waals surface area contributed by atoms with Gasteiger partial charge in [0.25, 0.3) is 0 Å². The topological polar surface area (TPSA) is 18.5 Å². The highest BCUT2D eigenvalue weighted by Gasteiger charge is 2.34. The third-order valence-electron chi connectivity index (χ3n) is 5.01. The van der Waals surface area contributed by atoms with E-state index in [2.05, 4.69) is 52.5 Å². The third kappa shape index (κ3) is 3.40. The van der Waals surface area contributed by atoms with E-state index in [0.717, 1.165) is 25.2 Å². The zero-order valence-electron chi connectivity index (χ0n) is 12.6. The highest BCUT2D eigenvalue weighted by molar-refractivity contribution is 5.14. The predicted octanol–water partition coefficient (Wildman–Crippen LogP) is 1.94. The van der Waals surface area contributed by atoms with Crippen molar-refractivity contribution in [1.29, 1.82) is 0 Å². The van der Waals surface area contributed by atoms with Crippen LogP contribution in [0.4, 0.5) is 0 Å². The molecule has 0 radical (unpaired) electrons. The quantitative estimate of drug-likeness (QED) is 0.827. The van der Waals surface area contributed by atoms with Gasteiger partial charge in [-0.25, -0.2) is 0 Å². The molecule has 2 aliphatic heterocycles. The number of likely N-dealkylation sites (N-methyl/N-ethyl adjacent to an activating group) is 1. The predicted molar refractivity (Wildman–Crippen MR) is 83.8 cm³/mol. The summed E-state index contributed by atoms with van der Waals surface area (Å²) >= 11 is 0.